The molecule has 25 nitrogen and oxygen atoms in total. The zero-order valence-electron chi connectivity index (χ0n) is 46.3. The molecule has 0 radical (unpaired) electrons. The van der Waals surface area contributed by atoms with E-state index in [9.17, 15) is 73.8 Å². The van der Waals surface area contributed by atoms with Crippen molar-refractivity contribution in [3.63, 3.8) is 0 Å². The van der Waals surface area contributed by atoms with E-state index in [0.29, 0.717) is 33.5 Å². The van der Waals surface area contributed by atoms with Crippen molar-refractivity contribution in [2.45, 2.75) is 107 Å². The number of aromatic nitrogens is 2. The third-order valence-corrected chi connectivity index (χ3v) is 13.6. The van der Waals surface area contributed by atoms with Gasteiger partial charge in [-0.3, -0.25) is 38.4 Å². The lowest BCUT2D eigenvalue weighted by molar-refractivity contribution is -0.143. The average Bonchev–Trinajstić information content (AvgIpc) is 3.99. The Balaban J connectivity index is 1.32. The number of imidazole rings is 1. The van der Waals surface area contributed by atoms with Gasteiger partial charge in [-0.2, -0.15) is 0 Å². The molecular weight excluding hydrogens is 1100 g/mol. The molecule has 0 unspecified atom stereocenters. The molecule has 448 valence electrons. The molecule has 6 rings (SSSR count). The number of phenols is 4. The first-order valence-electron chi connectivity index (χ1n) is 27.0. The van der Waals surface area contributed by atoms with Crippen molar-refractivity contribution in [1.29, 1.82) is 0 Å². The number of phenolic OH excluding ortho intramolecular Hbond substituents is 4. The molecular formula is C60H68N10O15. The average molecular weight is 1170 g/mol. The molecule has 85 heavy (non-hydrogen) atoms. The quantitative estimate of drug-likeness (QED) is 0.0298. The van der Waals surface area contributed by atoms with Crippen LogP contribution in [0.1, 0.15) is 53.8 Å². The smallest absolute Gasteiger partial charge is 0.326 e. The Morgan fingerprint density at radius 3 is 1.02 bits per heavy atom. The fourth-order valence-electron chi connectivity index (χ4n) is 8.77. The maximum Gasteiger partial charge on any atom is 0.326 e. The monoisotopic (exact) mass is 1170 g/mol. The summed E-state index contributed by atoms with van der Waals surface area (Å²) >= 11 is 0. The number of hydrogen-bond acceptors (Lipinski definition) is 15. The lowest BCUT2D eigenvalue weighted by Crippen LogP contribution is -2.61. The van der Waals surface area contributed by atoms with Crippen LogP contribution in [0.4, 0.5) is 0 Å². The number of carbonyl (C=O) groups is 9. The van der Waals surface area contributed by atoms with Crippen LogP contribution in [0.3, 0.4) is 0 Å². The highest BCUT2D eigenvalue weighted by atomic mass is 16.4. The lowest BCUT2D eigenvalue weighted by Gasteiger charge is -2.28. The van der Waals surface area contributed by atoms with Gasteiger partial charge in [0.05, 0.1) is 18.8 Å². The number of benzene rings is 5. The van der Waals surface area contributed by atoms with Crippen LogP contribution in [0.5, 0.6) is 23.0 Å². The van der Waals surface area contributed by atoms with Gasteiger partial charge in [0.25, 0.3) is 0 Å². The van der Waals surface area contributed by atoms with Crippen molar-refractivity contribution in [2.24, 2.45) is 11.7 Å². The predicted molar refractivity (Wildman–Crippen MR) is 306 cm³/mol. The second-order valence-corrected chi connectivity index (χ2v) is 20.6. The van der Waals surface area contributed by atoms with Crippen molar-refractivity contribution < 1.29 is 73.8 Å². The van der Waals surface area contributed by atoms with E-state index >= 15 is 0 Å². The third-order valence-electron chi connectivity index (χ3n) is 13.6. The normalized spacial score (nSPS) is 13.9. The molecule has 7 amide bonds. The summed E-state index contributed by atoms with van der Waals surface area (Å²) in [6.45, 7) is 3.44. The van der Waals surface area contributed by atoms with E-state index in [2.05, 4.69) is 47.2 Å². The van der Waals surface area contributed by atoms with Gasteiger partial charge in [-0.25, -0.2) is 9.78 Å². The molecule has 0 saturated heterocycles. The number of aromatic hydroxyl groups is 4. The molecule has 0 saturated carbocycles. The third kappa shape index (κ3) is 20.3. The molecule has 1 aromatic heterocycles. The van der Waals surface area contributed by atoms with Crippen LogP contribution >= 0.6 is 0 Å². The predicted octanol–water partition coefficient (Wildman–Crippen LogP) is 0.924. The summed E-state index contributed by atoms with van der Waals surface area (Å²) in [7, 11) is 0. The van der Waals surface area contributed by atoms with Gasteiger partial charge in [-0.15, -0.1) is 0 Å². The van der Waals surface area contributed by atoms with Crippen molar-refractivity contribution in [2.75, 3.05) is 0 Å². The van der Waals surface area contributed by atoms with E-state index in [1.54, 1.807) is 44.2 Å². The molecule has 0 fully saturated rings. The largest absolute Gasteiger partial charge is 0.508 e. The number of nitrogens with two attached hydrogens (primary N) is 1. The number of carboxylic acids is 2. The van der Waals surface area contributed by atoms with Crippen LogP contribution in [0.15, 0.2) is 140 Å². The maximum absolute atomic E-state index is 15.0. The van der Waals surface area contributed by atoms with Gasteiger partial charge in [0.15, 0.2) is 0 Å². The minimum Gasteiger partial charge on any atom is -0.508 e. The van der Waals surface area contributed by atoms with E-state index < -0.39 is 108 Å². The minimum atomic E-state index is -1.90. The minimum absolute atomic E-state index is 0.0964. The van der Waals surface area contributed by atoms with Gasteiger partial charge in [0.2, 0.25) is 41.4 Å². The fourth-order valence-corrected chi connectivity index (χ4v) is 8.77. The highest BCUT2D eigenvalue weighted by Gasteiger charge is 2.36. The summed E-state index contributed by atoms with van der Waals surface area (Å²) in [5, 5.41) is 78.0. The molecule has 0 bridgehead atoms. The first-order valence-corrected chi connectivity index (χ1v) is 27.0. The van der Waals surface area contributed by atoms with Gasteiger partial charge in [0, 0.05) is 50.4 Å². The summed E-state index contributed by atoms with van der Waals surface area (Å²) in [4.78, 5) is 132. The fraction of sp³-hybridized carbons (Fsp3) is 0.300. The lowest BCUT2D eigenvalue weighted by atomic mass is 9.99. The van der Waals surface area contributed by atoms with E-state index in [1.165, 1.54) is 110 Å². The molecule has 0 spiro atoms. The number of nitrogens with one attached hydrogen (secondary N) is 8. The number of nitrogens with zero attached hydrogens (tertiary/aromatic N) is 1. The molecule has 16 N–H and O–H groups in total. The number of aromatic amines is 1. The van der Waals surface area contributed by atoms with Crippen molar-refractivity contribution in [3.8, 4) is 23.0 Å². The second-order valence-electron chi connectivity index (χ2n) is 20.6. The van der Waals surface area contributed by atoms with E-state index in [0.717, 1.165) is 0 Å². The Hall–Kier alpha value is -10.3. The molecule has 0 aliphatic rings. The maximum atomic E-state index is 15.0. The van der Waals surface area contributed by atoms with Crippen LogP contribution in [0.25, 0.3) is 0 Å². The second kappa shape index (κ2) is 30.7. The van der Waals surface area contributed by atoms with E-state index in [1.807, 2.05) is 0 Å². The molecule has 8 atom stereocenters. The Morgan fingerprint density at radius 1 is 0.412 bits per heavy atom. The standard InChI is InChI=1S/C60H68N10O15/c1-33(2)52(61)59(83)69-48(29-39-31-62-32-63-39)57(81)67-47(27-37-12-20-42(73)21-13-37)55(79)66-46(26-36-10-18-41(72)19-11-36)54(78)65-45(25-35-8-16-40(71)17-9-35)53(77)64-44(24-34-6-4-3-5-7-34)56(80)68-49(30-51(75)76)58(82)70-50(60(84)85)28-38-14-22-43(74)23-15-38/h3-23,31-33,44-50,52,71-74H,24-30,61H2,1-2H3,(H,62,63)(H,64,77)(H,65,78)(H,66,79)(H,67,81)(H,68,80)(H,69,83)(H,70,82)(H,75,76)(H,84,85)/t44-,45-,46-,47-,48-,49-,50-,52-/m0/s1. The van der Waals surface area contributed by atoms with Crippen LogP contribution in [-0.2, 0) is 81.7 Å². The Kier molecular flexibility index (Phi) is 23.0. The topological polar surface area (TPSA) is 414 Å². The van der Waals surface area contributed by atoms with E-state index in [4.69, 9.17) is 5.73 Å². The Morgan fingerprint density at radius 2 is 0.706 bits per heavy atom. The summed E-state index contributed by atoms with van der Waals surface area (Å²) in [6.07, 6.45) is 0.261. The van der Waals surface area contributed by atoms with Gasteiger partial charge in [0.1, 0.15) is 65.3 Å². The van der Waals surface area contributed by atoms with Gasteiger partial charge in [-0.05, 0) is 82.3 Å². The molecule has 0 aliphatic carbocycles. The van der Waals surface area contributed by atoms with Gasteiger partial charge < -0.3 is 78.6 Å². The number of rotatable bonds is 30. The molecule has 1 heterocycles. The number of amides is 7. The molecule has 25 heteroatoms. The summed E-state index contributed by atoms with van der Waals surface area (Å²) in [6, 6.07) is 18.4. The Bertz CT molecular complexity index is 3240. The zero-order valence-corrected chi connectivity index (χ0v) is 46.3. The number of carbonyl (C=O) groups excluding carboxylic acids is 7. The number of aliphatic carboxylic acids is 2. The zero-order chi connectivity index (χ0) is 61.7. The number of hydrogen-bond donors (Lipinski definition) is 15. The summed E-state index contributed by atoms with van der Waals surface area (Å²) in [5.41, 5.74) is 8.68. The molecule has 0 aliphatic heterocycles. The number of H-pyrrole nitrogens is 1. The van der Waals surface area contributed by atoms with Crippen molar-refractivity contribution in [3.05, 3.63) is 173 Å². The Labute approximate surface area is 487 Å². The SMILES string of the molecule is CC(C)[C@H](N)C(=O)N[C@@H](Cc1cnc[nH]1)C(=O)N[C@@H](Cc1ccc(O)cc1)C(=O)N[C@@H](Cc1ccc(O)cc1)C(=O)N[C@@H](Cc1ccc(O)cc1)C(=O)N[C@@H](Cc1ccccc1)C(=O)N[C@@H](CC(=O)O)C(=O)N[C@@H](Cc1ccc(O)cc1)C(=O)O. The first-order chi connectivity index (χ1) is 40.5. The molecule has 5 aromatic carbocycles. The highest BCUT2D eigenvalue weighted by molar-refractivity contribution is 5.98. The highest BCUT2D eigenvalue weighted by Crippen LogP contribution is 2.18. The van der Waals surface area contributed by atoms with Crippen LogP contribution in [-0.4, -0.2) is 142 Å². The van der Waals surface area contributed by atoms with Crippen molar-refractivity contribution in [1.82, 2.24) is 47.2 Å². The summed E-state index contributed by atoms with van der Waals surface area (Å²) < 4.78 is 0. The van der Waals surface area contributed by atoms with Crippen LogP contribution in [0, 0.1) is 5.92 Å². The van der Waals surface area contributed by atoms with Crippen LogP contribution < -0.4 is 43.0 Å². The molecule has 6 aromatic rings. The van der Waals surface area contributed by atoms with Crippen molar-refractivity contribution >= 4 is 53.3 Å². The van der Waals surface area contributed by atoms with Gasteiger partial charge >= 0.3 is 11.9 Å². The summed E-state index contributed by atoms with van der Waals surface area (Å²) in [5.74, 6) is -10.5. The van der Waals surface area contributed by atoms with Gasteiger partial charge in [-0.1, -0.05) is 92.7 Å². The van der Waals surface area contributed by atoms with Crippen LogP contribution in [0.2, 0.25) is 0 Å². The number of carboxylic acid groups (broad SMARTS) is 2. The van der Waals surface area contributed by atoms with E-state index in [-0.39, 0.29) is 67.4 Å². The first kappa shape index (κ1) is 63.9.